The van der Waals surface area contributed by atoms with Crippen molar-refractivity contribution < 1.29 is 9.59 Å². The van der Waals surface area contributed by atoms with Gasteiger partial charge < -0.3 is 21.3 Å². The molecule has 8 heteroatoms. The van der Waals surface area contributed by atoms with E-state index in [1.807, 2.05) is 46.8 Å². The minimum Gasteiger partial charge on any atom is -0.382 e. The smallest absolute Gasteiger partial charge is 0.251 e. The van der Waals surface area contributed by atoms with E-state index in [9.17, 15) is 9.59 Å². The van der Waals surface area contributed by atoms with Crippen molar-refractivity contribution in [2.45, 2.75) is 54.9 Å². The summed E-state index contributed by atoms with van der Waals surface area (Å²) in [5.41, 5.74) is 7.98. The number of hydrogen-bond acceptors (Lipinski definition) is 6. The molecule has 2 amide bonds. The number of carbonyl (C=O) groups excluding carboxylic acids is 2. The second kappa shape index (κ2) is 15.6. The average Bonchev–Trinajstić information content (AvgIpc) is 2.82. The Hall–Kier alpha value is -3.16. The first-order valence-electron chi connectivity index (χ1n) is 11.3. The zero-order valence-electron chi connectivity index (χ0n) is 20.8. The summed E-state index contributed by atoms with van der Waals surface area (Å²) in [5, 5.41) is 5.62. The Morgan fingerprint density at radius 3 is 2.31 bits per heavy atom. The summed E-state index contributed by atoms with van der Waals surface area (Å²) in [4.78, 5) is 32.8. The van der Waals surface area contributed by atoms with E-state index < -0.39 is 0 Å². The minimum atomic E-state index is -0.0922. The molecule has 0 saturated carbocycles. The normalized spacial score (nSPS) is 13.5. The topological polar surface area (TPSA) is 113 Å². The molecule has 2 heterocycles. The lowest BCUT2D eigenvalue weighted by molar-refractivity contribution is -0.116. The lowest BCUT2D eigenvalue weighted by Crippen LogP contribution is -2.37. The van der Waals surface area contributed by atoms with E-state index in [1.165, 1.54) is 6.20 Å². The molecular formula is C24H40N6O2. The molecule has 0 aliphatic carbocycles. The van der Waals surface area contributed by atoms with Gasteiger partial charge >= 0.3 is 0 Å². The summed E-state index contributed by atoms with van der Waals surface area (Å²) < 4.78 is 0. The number of rotatable bonds is 3. The molecule has 8 nitrogen and oxygen atoms in total. The standard InChI is InChI=1S/C14H18N2O2.C6H10N4.2C2H6/c1-9-6-12-7-11(14(18)15-3)4-5-13(12)16(8-9)10(2)17;1-2-8-6-4-9-5(7)3-10-6;2*1-2/h4-5,7,9H,6,8H2,1-3H3,(H,15,18);3-4H,2H2,1H3,(H2,7,9)(H,8,10);2*1-2H3/t9-;;;/m1.../s1. The van der Waals surface area contributed by atoms with Gasteiger partial charge in [0.05, 0.1) is 12.4 Å². The minimum absolute atomic E-state index is 0.0514. The van der Waals surface area contributed by atoms with Crippen molar-refractivity contribution in [3.05, 3.63) is 41.7 Å². The molecular weight excluding hydrogens is 404 g/mol. The molecule has 178 valence electrons. The third-order valence-electron chi connectivity index (χ3n) is 4.33. The highest BCUT2D eigenvalue weighted by Crippen LogP contribution is 2.30. The fraction of sp³-hybridized carbons (Fsp3) is 0.500. The van der Waals surface area contributed by atoms with Gasteiger partial charge in [-0.1, -0.05) is 34.6 Å². The van der Waals surface area contributed by atoms with Gasteiger partial charge in [0.25, 0.3) is 5.91 Å². The molecule has 2 aromatic rings. The van der Waals surface area contributed by atoms with Gasteiger partial charge in [-0.25, -0.2) is 9.97 Å². The summed E-state index contributed by atoms with van der Waals surface area (Å²) in [6.45, 7) is 15.3. The van der Waals surface area contributed by atoms with Gasteiger partial charge in [0.15, 0.2) is 0 Å². The third kappa shape index (κ3) is 8.91. The lowest BCUT2D eigenvalue weighted by atomic mass is 9.92. The maximum atomic E-state index is 11.6. The largest absolute Gasteiger partial charge is 0.382 e. The van der Waals surface area contributed by atoms with Crippen LogP contribution in [0.25, 0.3) is 0 Å². The van der Waals surface area contributed by atoms with Crippen molar-refractivity contribution in [3.8, 4) is 0 Å². The molecule has 0 fully saturated rings. The molecule has 0 spiro atoms. The van der Waals surface area contributed by atoms with E-state index in [0.29, 0.717) is 17.3 Å². The van der Waals surface area contributed by atoms with Gasteiger partial charge in [-0.05, 0) is 43.0 Å². The van der Waals surface area contributed by atoms with Gasteiger partial charge in [0.1, 0.15) is 11.6 Å². The molecule has 1 atom stereocenters. The fourth-order valence-corrected chi connectivity index (χ4v) is 3.06. The summed E-state index contributed by atoms with van der Waals surface area (Å²) in [5.74, 6) is 1.58. The molecule has 0 saturated heterocycles. The predicted molar refractivity (Wildman–Crippen MR) is 134 cm³/mol. The molecule has 1 aromatic carbocycles. The van der Waals surface area contributed by atoms with Crippen molar-refractivity contribution in [1.29, 1.82) is 0 Å². The van der Waals surface area contributed by atoms with Gasteiger partial charge in [0, 0.05) is 38.3 Å². The van der Waals surface area contributed by atoms with Crippen LogP contribution in [0, 0.1) is 5.92 Å². The van der Waals surface area contributed by atoms with E-state index in [1.54, 1.807) is 31.1 Å². The number of aromatic nitrogens is 2. The number of hydrogen-bond donors (Lipinski definition) is 3. The summed E-state index contributed by atoms with van der Waals surface area (Å²) in [6, 6.07) is 5.52. The van der Waals surface area contributed by atoms with Crippen LogP contribution in [0.1, 0.15) is 64.4 Å². The van der Waals surface area contributed by atoms with Crippen LogP contribution in [-0.4, -0.2) is 41.9 Å². The van der Waals surface area contributed by atoms with Gasteiger partial charge in [0.2, 0.25) is 5.91 Å². The second-order valence-electron chi connectivity index (χ2n) is 6.72. The number of carbonyl (C=O) groups is 2. The quantitative estimate of drug-likeness (QED) is 0.656. The van der Waals surface area contributed by atoms with Crippen LogP contribution in [0.3, 0.4) is 0 Å². The van der Waals surface area contributed by atoms with Crippen LogP contribution in [0.2, 0.25) is 0 Å². The van der Waals surface area contributed by atoms with E-state index in [-0.39, 0.29) is 11.8 Å². The molecule has 0 unspecified atom stereocenters. The highest BCUT2D eigenvalue weighted by atomic mass is 16.2. The number of benzene rings is 1. The lowest BCUT2D eigenvalue weighted by Gasteiger charge is -2.32. The number of anilines is 3. The van der Waals surface area contributed by atoms with Crippen LogP contribution in [0.5, 0.6) is 0 Å². The van der Waals surface area contributed by atoms with Crippen LogP contribution in [-0.2, 0) is 11.2 Å². The fourth-order valence-electron chi connectivity index (χ4n) is 3.06. The Morgan fingerprint density at radius 1 is 1.16 bits per heavy atom. The first kappa shape index (κ1) is 28.8. The third-order valence-corrected chi connectivity index (χ3v) is 4.33. The number of nitrogen functional groups attached to an aromatic ring is 1. The van der Waals surface area contributed by atoms with Crippen molar-refractivity contribution in [2.75, 3.05) is 36.1 Å². The molecule has 3 rings (SSSR count). The number of nitrogens with two attached hydrogens (primary N) is 1. The van der Waals surface area contributed by atoms with Gasteiger partial charge in [-0.3, -0.25) is 9.59 Å². The first-order valence-corrected chi connectivity index (χ1v) is 11.3. The molecule has 1 aliphatic rings. The number of amides is 2. The predicted octanol–water partition coefficient (Wildman–Crippen LogP) is 4.13. The Kier molecular flexibility index (Phi) is 14.1. The van der Waals surface area contributed by atoms with Crippen molar-refractivity contribution in [3.63, 3.8) is 0 Å². The molecule has 4 N–H and O–H groups in total. The molecule has 32 heavy (non-hydrogen) atoms. The van der Waals surface area contributed by atoms with Crippen LogP contribution in [0.4, 0.5) is 17.3 Å². The van der Waals surface area contributed by atoms with Crippen molar-refractivity contribution in [1.82, 2.24) is 15.3 Å². The Labute approximate surface area is 193 Å². The first-order chi connectivity index (χ1) is 15.3. The van der Waals surface area contributed by atoms with Crippen molar-refractivity contribution >= 4 is 29.1 Å². The highest BCUT2D eigenvalue weighted by Gasteiger charge is 2.24. The number of nitrogens with one attached hydrogen (secondary N) is 2. The highest BCUT2D eigenvalue weighted by molar-refractivity contribution is 5.97. The summed E-state index contributed by atoms with van der Waals surface area (Å²) >= 11 is 0. The maximum absolute atomic E-state index is 11.6. The monoisotopic (exact) mass is 444 g/mol. The number of fused-ring (bicyclic) bond motifs is 1. The molecule has 0 bridgehead atoms. The average molecular weight is 445 g/mol. The second-order valence-corrected chi connectivity index (χ2v) is 6.72. The zero-order valence-corrected chi connectivity index (χ0v) is 20.8. The SMILES string of the molecule is CC.CC.CCNc1cnc(N)cn1.CNC(=O)c1ccc2c(c1)C[C@@H](C)CN2C(C)=O. The van der Waals surface area contributed by atoms with E-state index >= 15 is 0 Å². The van der Waals surface area contributed by atoms with Crippen LogP contribution in [0.15, 0.2) is 30.6 Å². The van der Waals surface area contributed by atoms with Crippen molar-refractivity contribution in [2.24, 2.45) is 5.92 Å². The Bertz CT molecular complexity index is 824. The van der Waals surface area contributed by atoms with Crippen LogP contribution >= 0.6 is 0 Å². The molecule has 1 aliphatic heterocycles. The number of nitrogens with zero attached hydrogens (tertiary/aromatic N) is 3. The Morgan fingerprint density at radius 2 is 1.81 bits per heavy atom. The van der Waals surface area contributed by atoms with Crippen LogP contribution < -0.4 is 21.3 Å². The molecule has 1 aromatic heterocycles. The Balaban J connectivity index is 0.000000582. The zero-order chi connectivity index (χ0) is 24.7. The van der Waals surface area contributed by atoms with Gasteiger partial charge in [-0.15, -0.1) is 0 Å². The van der Waals surface area contributed by atoms with E-state index in [2.05, 4.69) is 27.5 Å². The molecule has 0 radical (unpaired) electrons. The maximum Gasteiger partial charge on any atom is 0.251 e. The van der Waals surface area contributed by atoms with E-state index in [0.717, 1.165) is 36.6 Å². The summed E-state index contributed by atoms with van der Waals surface area (Å²) in [7, 11) is 1.62. The van der Waals surface area contributed by atoms with Gasteiger partial charge in [-0.2, -0.15) is 0 Å². The van der Waals surface area contributed by atoms with E-state index in [4.69, 9.17) is 5.73 Å². The summed E-state index contributed by atoms with van der Waals surface area (Å²) in [6.07, 6.45) is 4.04.